The van der Waals surface area contributed by atoms with E-state index in [1.54, 1.807) is 18.2 Å². The average molecular weight is 376 g/mol. The number of ether oxygens (including phenoxy) is 1. The van der Waals surface area contributed by atoms with Gasteiger partial charge >= 0.3 is 0 Å². The number of carbonyl (C=O) groups excluding carboxylic acids is 1. The number of amides is 1. The molecular formula is C19H24N2O4S. The molecule has 0 spiro atoms. The first kappa shape index (κ1) is 19.8. The molecule has 0 saturated carbocycles. The van der Waals surface area contributed by atoms with Crippen molar-refractivity contribution < 1.29 is 17.9 Å². The molecule has 140 valence electrons. The summed E-state index contributed by atoms with van der Waals surface area (Å²) in [5.74, 6) is 0.324. The normalized spacial score (nSPS) is 12.3. The molecule has 26 heavy (non-hydrogen) atoms. The number of sulfonamides is 1. The Morgan fingerprint density at radius 2 is 1.73 bits per heavy atom. The van der Waals surface area contributed by atoms with Gasteiger partial charge in [-0.25, -0.2) is 8.42 Å². The van der Waals surface area contributed by atoms with E-state index in [2.05, 4.69) is 23.9 Å². The van der Waals surface area contributed by atoms with Gasteiger partial charge in [0.25, 0.3) is 10.0 Å². The fourth-order valence-corrected chi connectivity index (χ4v) is 3.75. The van der Waals surface area contributed by atoms with E-state index in [9.17, 15) is 13.2 Å². The first-order chi connectivity index (χ1) is 12.3. The van der Waals surface area contributed by atoms with Crippen LogP contribution in [0.3, 0.4) is 0 Å². The molecule has 2 aromatic carbocycles. The van der Waals surface area contributed by atoms with Gasteiger partial charge in [-0.3, -0.25) is 9.52 Å². The lowest BCUT2D eigenvalue weighted by molar-refractivity contribution is -0.114. The van der Waals surface area contributed by atoms with Gasteiger partial charge in [0.2, 0.25) is 5.91 Å². The summed E-state index contributed by atoms with van der Waals surface area (Å²) in [5.41, 5.74) is 2.00. The third-order valence-corrected chi connectivity index (χ3v) is 5.52. The van der Waals surface area contributed by atoms with Crippen molar-refractivity contribution in [2.45, 2.75) is 38.0 Å². The predicted octanol–water partition coefficient (Wildman–Crippen LogP) is 3.97. The maximum Gasteiger partial charge on any atom is 0.265 e. The lowest BCUT2D eigenvalue weighted by atomic mass is 9.99. The molecule has 0 saturated heterocycles. The third kappa shape index (κ3) is 4.76. The van der Waals surface area contributed by atoms with Crippen molar-refractivity contribution >= 4 is 27.3 Å². The Hall–Kier alpha value is -2.54. The topological polar surface area (TPSA) is 84.5 Å². The molecule has 0 fully saturated rings. The van der Waals surface area contributed by atoms with Gasteiger partial charge in [0.1, 0.15) is 10.6 Å². The predicted molar refractivity (Wildman–Crippen MR) is 103 cm³/mol. The first-order valence-electron chi connectivity index (χ1n) is 8.35. The number of carbonyl (C=O) groups is 1. The standard InChI is InChI=1S/C19H24N2O4S/c1-5-13(2)15-6-8-16(9-7-15)21-26(23,24)19-12-17(20-14(3)22)10-11-18(19)25-4/h6-13,21H,5H2,1-4H3,(H,20,22). The fourth-order valence-electron chi connectivity index (χ4n) is 2.49. The highest BCUT2D eigenvalue weighted by atomic mass is 32.2. The molecule has 2 aromatic rings. The van der Waals surface area contributed by atoms with Crippen molar-refractivity contribution in [2.75, 3.05) is 17.1 Å². The largest absolute Gasteiger partial charge is 0.495 e. The third-order valence-electron chi connectivity index (χ3n) is 4.12. The summed E-state index contributed by atoms with van der Waals surface area (Å²) in [7, 11) is -2.48. The van der Waals surface area contributed by atoms with Crippen molar-refractivity contribution in [3.63, 3.8) is 0 Å². The summed E-state index contributed by atoms with van der Waals surface area (Å²) in [6, 6.07) is 11.8. The Kier molecular flexibility index (Phi) is 6.26. The van der Waals surface area contributed by atoms with Gasteiger partial charge in [-0.2, -0.15) is 0 Å². The zero-order chi connectivity index (χ0) is 19.3. The number of rotatable bonds is 7. The Morgan fingerprint density at radius 3 is 2.27 bits per heavy atom. The van der Waals surface area contributed by atoms with Crippen LogP contribution in [0.25, 0.3) is 0 Å². The Labute approximate surface area is 154 Å². The number of hydrogen-bond acceptors (Lipinski definition) is 4. The summed E-state index contributed by atoms with van der Waals surface area (Å²) in [5, 5.41) is 2.57. The van der Waals surface area contributed by atoms with E-state index in [4.69, 9.17) is 4.74 Å². The van der Waals surface area contributed by atoms with E-state index in [0.717, 1.165) is 12.0 Å². The van der Waals surface area contributed by atoms with Gasteiger partial charge in [0.15, 0.2) is 0 Å². The molecule has 1 atom stereocenters. The Balaban J connectivity index is 2.33. The minimum atomic E-state index is -3.88. The van der Waals surface area contributed by atoms with E-state index in [-0.39, 0.29) is 16.6 Å². The maximum absolute atomic E-state index is 12.8. The summed E-state index contributed by atoms with van der Waals surface area (Å²) < 4.78 is 33.3. The van der Waals surface area contributed by atoms with Gasteiger partial charge < -0.3 is 10.1 Å². The van der Waals surface area contributed by atoms with Gasteiger partial charge in [0, 0.05) is 18.3 Å². The summed E-state index contributed by atoms with van der Waals surface area (Å²) in [6.07, 6.45) is 1.01. The van der Waals surface area contributed by atoms with Gasteiger partial charge in [-0.1, -0.05) is 26.0 Å². The number of anilines is 2. The molecule has 0 heterocycles. The number of benzene rings is 2. The van der Waals surface area contributed by atoms with Gasteiger partial charge in [0.05, 0.1) is 7.11 Å². The molecule has 1 unspecified atom stereocenters. The van der Waals surface area contributed by atoms with Crippen LogP contribution >= 0.6 is 0 Å². The highest BCUT2D eigenvalue weighted by Crippen LogP contribution is 2.29. The molecule has 0 radical (unpaired) electrons. The molecule has 2 rings (SSSR count). The summed E-state index contributed by atoms with van der Waals surface area (Å²) >= 11 is 0. The van der Waals surface area contributed by atoms with Crippen LogP contribution in [0.1, 0.15) is 38.7 Å². The molecule has 0 aliphatic carbocycles. The van der Waals surface area contributed by atoms with Crippen LogP contribution in [0.5, 0.6) is 5.75 Å². The number of nitrogens with one attached hydrogen (secondary N) is 2. The Bertz CT molecular complexity index is 877. The van der Waals surface area contributed by atoms with Crippen LogP contribution in [-0.2, 0) is 14.8 Å². The molecule has 0 aliphatic rings. The zero-order valence-electron chi connectivity index (χ0n) is 15.4. The molecule has 1 amide bonds. The van der Waals surface area contributed by atoms with E-state index in [0.29, 0.717) is 17.3 Å². The lowest BCUT2D eigenvalue weighted by Crippen LogP contribution is -2.15. The molecular weight excluding hydrogens is 352 g/mol. The monoisotopic (exact) mass is 376 g/mol. The molecule has 0 bridgehead atoms. The second kappa shape index (κ2) is 8.23. The number of methoxy groups -OCH3 is 1. The maximum atomic E-state index is 12.8. The average Bonchev–Trinajstić information content (AvgIpc) is 2.61. The fraction of sp³-hybridized carbons (Fsp3) is 0.316. The Morgan fingerprint density at radius 1 is 1.12 bits per heavy atom. The zero-order valence-corrected chi connectivity index (χ0v) is 16.2. The van der Waals surface area contributed by atoms with E-state index in [1.807, 2.05) is 12.1 Å². The lowest BCUT2D eigenvalue weighted by Gasteiger charge is -2.14. The van der Waals surface area contributed by atoms with Crippen LogP contribution in [0.15, 0.2) is 47.4 Å². The molecule has 6 nitrogen and oxygen atoms in total. The number of hydrogen-bond donors (Lipinski definition) is 2. The second-order valence-corrected chi connectivity index (χ2v) is 7.73. The molecule has 2 N–H and O–H groups in total. The van der Waals surface area contributed by atoms with Crippen molar-refractivity contribution in [1.82, 2.24) is 0 Å². The summed E-state index contributed by atoms with van der Waals surface area (Å²) in [6.45, 7) is 5.59. The van der Waals surface area contributed by atoms with Crippen molar-refractivity contribution in [3.8, 4) is 5.75 Å². The molecule has 0 aromatic heterocycles. The van der Waals surface area contributed by atoms with Crippen molar-refractivity contribution in [3.05, 3.63) is 48.0 Å². The first-order valence-corrected chi connectivity index (χ1v) is 9.83. The minimum absolute atomic E-state index is 0.0442. The minimum Gasteiger partial charge on any atom is -0.495 e. The van der Waals surface area contributed by atoms with Gasteiger partial charge in [-0.15, -0.1) is 0 Å². The van der Waals surface area contributed by atoms with Crippen LogP contribution in [0.4, 0.5) is 11.4 Å². The van der Waals surface area contributed by atoms with Crippen molar-refractivity contribution in [1.29, 1.82) is 0 Å². The quantitative estimate of drug-likeness (QED) is 0.766. The van der Waals surface area contributed by atoms with Crippen LogP contribution in [0, 0.1) is 0 Å². The van der Waals surface area contributed by atoms with Crippen molar-refractivity contribution in [2.24, 2.45) is 0 Å². The molecule has 7 heteroatoms. The van der Waals surface area contributed by atoms with Crippen LogP contribution < -0.4 is 14.8 Å². The SMILES string of the molecule is CCC(C)c1ccc(NS(=O)(=O)c2cc(NC(C)=O)ccc2OC)cc1. The molecule has 0 aliphatic heterocycles. The smallest absolute Gasteiger partial charge is 0.265 e. The highest BCUT2D eigenvalue weighted by molar-refractivity contribution is 7.92. The summed E-state index contributed by atoms with van der Waals surface area (Å²) in [4.78, 5) is 11.2. The van der Waals surface area contributed by atoms with E-state index < -0.39 is 10.0 Å². The van der Waals surface area contributed by atoms with Gasteiger partial charge in [-0.05, 0) is 48.2 Å². The van der Waals surface area contributed by atoms with E-state index >= 15 is 0 Å². The second-order valence-electron chi connectivity index (χ2n) is 6.08. The van der Waals surface area contributed by atoms with E-state index in [1.165, 1.54) is 26.2 Å². The van der Waals surface area contributed by atoms with Crippen LogP contribution in [-0.4, -0.2) is 21.4 Å². The van der Waals surface area contributed by atoms with Crippen LogP contribution in [0.2, 0.25) is 0 Å². The highest BCUT2D eigenvalue weighted by Gasteiger charge is 2.21.